The number of rotatable bonds is 8. The highest BCUT2D eigenvalue weighted by Gasteiger charge is 2.60. The molecule has 1 saturated carbocycles. The molecule has 3 atom stereocenters. The lowest BCUT2D eigenvalue weighted by Crippen LogP contribution is -2.45. The largest absolute Gasteiger partial charge is 0.383 e. The minimum absolute atomic E-state index is 0.0458. The smallest absolute Gasteiger partial charge is 0.261 e. The standard InChI is InChI=1S/C24H34N4O5/c1-26(2)17-11-9-16(10-12-17)21-20-22(33-27(21)15-19(29)25-13-14-32-3)24(31)28(23(20)30)18-7-5-4-6-8-18/h9-12,18,20-22H,4-8,13-15H2,1-3H3,(H,25,29). The van der Waals surface area contributed by atoms with Crippen molar-refractivity contribution in [2.45, 2.75) is 50.3 Å². The molecule has 3 unspecified atom stereocenters. The van der Waals surface area contributed by atoms with Gasteiger partial charge in [-0.05, 0) is 30.5 Å². The van der Waals surface area contributed by atoms with Crippen LogP contribution in [0.2, 0.25) is 0 Å². The summed E-state index contributed by atoms with van der Waals surface area (Å²) in [5.41, 5.74) is 1.88. The van der Waals surface area contributed by atoms with Crippen molar-refractivity contribution in [3.8, 4) is 0 Å². The molecular formula is C24H34N4O5. The van der Waals surface area contributed by atoms with Gasteiger partial charge in [0.15, 0.2) is 6.10 Å². The summed E-state index contributed by atoms with van der Waals surface area (Å²) < 4.78 is 4.98. The molecule has 1 N–H and O–H groups in total. The Morgan fingerprint density at radius 1 is 1.12 bits per heavy atom. The van der Waals surface area contributed by atoms with Gasteiger partial charge in [0.25, 0.3) is 5.91 Å². The van der Waals surface area contributed by atoms with E-state index in [1.807, 2.05) is 43.3 Å². The van der Waals surface area contributed by atoms with Crippen molar-refractivity contribution in [3.63, 3.8) is 0 Å². The quantitative estimate of drug-likeness (QED) is 0.466. The Morgan fingerprint density at radius 2 is 1.82 bits per heavy atom. The molecule has 1 aliphatic carbocycles. The highest BCUT2D eigenvalue weighted by Crippen LogP contribution is 2.46. The summed E-state index contributed by atoms with van der Waals surface area (Å²) in [5.74, 6) is -1.35. The van der Waals surface area contributed by atoms with Crippen LogP contribution in [-0.4, -0.2) is 80.7 Å². The lowest BCUT2D eigenvalue weighted by molar-refractivity contribution is -0.184. The van der Waals surface area contributed by atoms with Crippen molar-refractivity contribution >= 4 is 23.4 Å². The molecule has 1 aromatic carbocycles. The Morgan fingerprint density at radius 3 is 2.45 bits per heavy atom. The van der Waals surface area contributed by atoms with Crippen molar-refractivity contribution in [3.05, 3.63) is 29.8 Å². The van der Waals surface area contributed by atoms with Crippen LogP contribution in [0.3, 0.4) is 0 Å². The molecule has 9 heteroatoms. The highest BCUT2D eigenvalue weighted by atomic mass is 16.7. The molecule has 9 nitrogen and oxygen atoms in total. The van der Waals surface area contributed by atoms with Gasteiger partial charge in [-0.15, -0.1) is 0 Å². The third-order valence-corrected chi connectivity index (χ3v) is 6.85. The van der Waals surface area contributed by atoms with E-state index in [9.17, 15) is 14.4 Å². The molecule has 2 saturated heterocycles. The lowest BCUT2D eigenvalue weighted by Gasteiger charge is -2.32. The van der Waals surface area contributed by atoms with Crippen molar-refractivity contribution in [2.24, 2.45) is 5.92 Å². The fourth-order valence-corrected chi connectivity index (χ4v) is 5.16. The minimum atomic E-state index is -0.885. The van der Waals surface area contributed by atoms with Crippen molar-refractivity contribution in [1.29, 1.82) is 0 Å². The summed E-state index contributed by atoms with van der Waals surface area (Å²) in [7, 11) is 5.49. The number of carbonyl (C=O) groups excluding carboxylic acids is 3. The summed E-state index contributed by atoms with van der Waals surface area (Å²) in [6, 6.07) is 7.28. The minimum Gasteiger partial charge on any atom is -0.383 e. The van der Waals surface area contributed by atoms with Crippen LogP contribution in [-0.2, 0) is 24.0 Å². The van der Waals surface area contributed by atoms with Gasteiger partial charge in [-0.25, -0.2) is 0 Å². The van der Waals surface area contributed by atoms with Crippen molar-refractivity contribution in [1.82, 2.24) is 15.3 Å². The number of nitrogens with one attached hydrogen (secondary N) is 1. The number of fused-ring (bicyclic) bond motifs is 1. The van der Waals surface area contributed by atoms with E-state index in [1.165, 1.54) is 9.96 Å². The van der Waals surface area contributed by atoms with Crippen LogP contribution in [0.4, 0.5) is 5.69 Å². The second-order valence-electron chi connectivity index (χ2n) is 9.24. The fraction of sp³-hybridized carbons (Fsp3) is 0.625. The molecule has 3 aliphatic rings. The van der Waals surface area contributed by atoms with Crippen molar-refractivity contribution in [2.75, 3.05) is 45.8 Å². The number of carbonyl (C=O) groups is 3. The van der Waals surface area contributed by atoms with Crippen LogP contribution in [0.15, 0.2) is 24.3 Å². The van der Waals surface area contributed by atoms with Gasteiger partial charge in [0.2, 0.25) is 11.8 Å². The van der Waals surface area contributed by atoms with Crippen LogP contribution in [0.1, 0.15) is 43.7 Å². The van der Waals surface area contributed by atoms with Gasteiger partial charge in [0.1, 0.15) is 6.54 Å². The number of imide groups is 1. The molecule has 4 rings (SSSR count). The molecule has 1 aromatic rings. The predicted molar refractivity (Wildman–Crippen MR) is 122 cm³/mol. The molecule has 3 fully saturated rings. The number of amides is 3. The van der Waals surface area contributed by atoms with Crippen LogP contribution in [0.5, 0.6) is 0 Å². The van der Waals surface area contributed by atoms with Gasteiger partial charge in [0.05, 0.1) is 18.6 Å². The number of hydrogen-bond donors (Lipinski definition) is 1. The zero-order valence-corrected chi connectivity index (χ0v) is 19.7. The summed E-state index contributed by atoms with van der Waals surface area (Å²) in [6.07, 6.45) is 4.02. The van der Waals surface area contributed by atoms with E-state index in [4.69, 9.17) is 9.57 Å². The number of hydrogen-bond acceptors (Lipinski definition) is 7. The Kier molecular flexibility index (Phi) is 7.31. The number of ether oxygens (including phenoxy) is 1. The first-order valence-electron chi connectivity index (χ1n) is 11.8. The first-order valence-corrected chi connectivity index (χ1v) is 11.8. The van der Waals surface area contributed by atoms with Gasteiger partial charge in [-0.2, -0.15) is 5.06 Å². The topological polar surface area (TPSA) is 91.4 Å². The average molecular weight is 459 g/mol. The molecular weight excluding hydrogens is 424 g/mol. The van der Waals surface area contributed by atoms with Gasteiger partial charge in [-0.3, -0.25) is 24.1 Å². The van der Waals surface area contributed by atoms with Gasteiger partial charge in [0, 0.05) is 39.5 Å². The Balaban J connectivity index is 1.59. The molecule has 0 radical (unpaired) electrons. The summed E-state index contributed by atoms with van der Waals surface area (Å²) in [5, 5.41) is 4.29. The third kappa shape index (κ3) is 4.76. The molecule has 180 valence electrons. The van der Waals surface area contributed by atoms with Gasteiger partial charge >= 0.3 is 0 Å². The maximum atomic E-state index is 13.6. The zero-order valence-electron chi connectivity index (χ0n) is 19.7. The Bertz CT molecular complexity index is 868. The van der Waals surface area contributed by atoms with E-state index >= 15 is 0 Å². The van der Waals surface area contributed by atoms with Crippen LogP contribution >= 0.6 is 0 Å². The number of methoxy groups -OCH3 is 1. The second kappa shape index (κ2) is 10.2. The number of nitrogens with zero attached hydrogens (tertiary/aromatic N) is 3. The summed E-state index contributed by atoms with van der Waals surface area (Å²) in [6.45, 7) is 0.715. The SMILES string of the molecule is COCCNC(=O)CN1OC2C(=O)N(C3CCCCC3)C(=O)C2C1c1ccc(N(C)C)cc1. The number of likely N-dealkylation sites (tertiary alicyclic amines) is 1. The molecule has 3 amide bonds. The van der Waals surface area contributed by atoms with Crippen LogP contribution < -0.4 is 10.2 Å². The van der Waals surface area contributed by atoms with E-state index < -0.39 is 18.1 Å². The third-order valence-electron chi connectivity index (χ3n) is 6.85. The summed E-state index contributed by atoms with van der Waals surface area (Å²) >= 11 is 0. The maximum absolute atomic E-state index is 13.6. The van der Waals surface area contributed by atoms with Crippen LogP contribution in [0, 0.1) is 5.92 Å². The lowest BCUT2D eigenvalue weighted by atomic mass is 9.90. The molecule has 2 heterocycles. The van der Waals surface area contributed by atoms with Gasteiger partial charge < -0.3 is 15.0 Å². The van der Waals surface area contributed by atoms with E-state index in [0.29, 0.717) is 13.2 Å². The van der Waals surface area contributed by atoms with E-state index in [1.54, 1.807) is 7.11 Å². The number of hydroxylamine groups is 2. The van der Waals surface area contributed by atoms with Gasteiger partial charge in [-0.1, -0.05) is 31.4 Å². The first kappa shape index (κ1) is 23.7. The fourth-order valence-electron chi connectivity index (χ4n) is 5.16. The molecule has 0 bridgehead atoms. The second-order valence-corrected chi connectivity index (χ2v) is 9.24. The molecule has 33 heavy (non-hydrogen) atoms. The average Bonchev–Trinajstić information content (AvgIpc) is 3.29. The normalized spacial score (nSPS) is 26.0. The van der Waals surface area contributed by atoms with E-state index in [0.717, 1.165) is 43.4 Å². The molecule has 0 aromatic heterocycles. The Labute approximate surface area is 194 Å². The number of benzene rings is 1. The predicted octanol–water partition coefficient (Wildman–Crippen LogP) is 1.49. The summed E-state index contributed by atoms with van der Waals surface area (Å²) in [4.78, 5) is 48.9. The Hall–Kier alpha value is -2.49. The zero-order chi connectivity index (χ0) is 23.5. The number of anilines is 1. The first-order chi connectivity index (χ1) is 15.9. The van der Waals surface area contributed by atoms with E-state index in [-0.39, 0.29) is 30.3 Å². The highest BCUT2D eigenvalue weighted by molar-refractivity contribution is 6.07. The van der Waals surface area contributed by atoms with Crippen LogP contribution in [0.25, 0.3) is 0 Å². The molecule has 2 aliphatic heterocycles. The molecule has 0 spiro atoms. The monoisotopic (exact) mass is 458 g/mol. The van der Waals surface area contributed by atoms with E-state index in [2.05, 4.69) is 5.32 Å². The maximum Gasteiger partial charge on any atom is 0.261 e. The van der Waals surface area contributed by atoms with Crippen molar-refractivity contribution < 1.29 is 24.0 Å².